The lowest BCUT2D eigenvalue weighted by Gasteiger charge is -2.30. The molecule has 2 N–H and O–H groups in total. The highest BCUT2D eigenvalue weighted by Crippen LogP contribution is 2.29. The molecule has 35 heavy (non-hydrogen) atoms. The average Bonchev–Trinajstić information content (AvgIpc) is 2.88. The molecule has 1 aliphatic rings. The number of hydrogen-bond donors (Lipinski definition) is 2. The van der Waals surface area contributed by atoms with Crippen LogP contribution in [-0.4, -0.2) is 36.1 Å². The number of aromatic nitrogens is 2. The molecule has 0 saturated heterocycles. The first-order valence-electron chi connectivity index (χ1n) is 12.3. The second-order valence-electron chi connectivity index (χ2n) is 9.60. The number of fused-ring (bicyclic) bond motifs is 1. The molecule has 180 valence electrons. The standard InChI is InChI=1S/C29H32FN5/c1-35(2)28-16-29(34-27-6-4-3-5-26(27)28)33-25-13-11-24(12-14-25)32-18-20-15-22(19-31-17-20)21-7-9-23(30)10-8-21/h3-10,15-17,19,24-25,32H,11-14,18H2,1-2H3,(H,33,34). The van der Waals surface area contributed by atoms with Gasteiger partial charge in [0.25, 0.3) is 0 Å². The molecular weight excluding hydrogens is 437 g/mol. The lowest BCUT2D eigenvalue weighted by molar-refractivity contribution is 0.352. The van der Waals surface area contributed by atoms with Gasteiger partial charge >= 0.3 is 0 Å². The molecule has 1 saturated carbocycles. The summed E-state index contributed by atoms with van der Waals surface area (Å²) >= 11 is 0. The maximum absolute atomic E-state index is 13.2. The maximum Gasteiger partial charge on any atom is 0.128 e. The van der Waals surface area contributed by atoms with Crippen molar-refractivity contribution >= 4 is 22.4 Å². The fraction of sp³-hybridized carbons (Fsp3) is 0.310. The number of halogens is 1. The summed E-state index contributed by atoms with van der Waals surface area (Å²) in [6.07, 6.45) is 8.19. The second-order valence-corrected chi connectivity index (χ2v) is 9.60. The van der Waals surface area contributed by atoms with E-state index in [-0.39, 0.29) is 5.82 Å². The van der Waals surface area contributed by atoms with E-state index in [9.17, 15) is 4.39 Å². The Labute approximate surface area is 206 Å². The minimum absolute atomic E-state index is 0.223. The molecule has 2 aromatic heterocycles. The maximum atomic E-state index is 13.2. The van der Waals surface area contributed by atoms with Crippen LogP contribution in [0.25, 0.3) is 22.0 Å². The Bertz CT molecular complexity index is 1280. The summed E-state index contributed by atoms with van der Waals surface area (Å²) < 4.78 is 13.2. The molecule has 0 aliphatic heterocycles. The van der Waals surface area contributed by atoms with Gasteiger partial charge in [-0.05, 0) is 61.1 Å². The summed E-state index contributed by atoms with van der Waals surface area (Å²) in [6.45, 7) is 0.781. The highest BCUT2D eigenvalue weighted by atomic mass is 19.1. The molecule has 5 nitrogen and oxygen atoms in total. The van der Waals surface area contributed by atoms with Crippen LogP contribution in [0.5, 0.6) is 0 Å². The van der Waals surface area contributed by atoms with Crippen LogP contribution in [0.2, 0.25) is 0 Å². The van der Waals surface area contributed by atoms with Gasteiger partial charge in [-0.2, -0.15) is 0 Å². The second kappa shape index (κ2) is 10.4. The zero-order valence-corrected chi connectivity index (χ0v) is 20.3. The molecule has 0 bridgehead atoms. The zero-order chi connectivity index (χ0) is 24.2. The third-order valence-corrected chi connectivity index (χ3v) is 6.82. The molecule has 0 amide bonds. The van der Waals surface area contributed by atoms with E-state index in [4.69, 9.17) is 4.98 Å². The van der Waals surface area contributed by atoms with Gasteiger partial charge in [0.15, 0.2) is 0 Å². The fourth-order valence-corrected chi connectivity index (χ4v) is 4.90. The van der Waals surface area contributed by atoms with E-state index in [0.29, 0.717) is 12.1 Å². The summed E-state index contributed by atoms with van der Waals surface area (Å²) in [5.41, 5.74) is 5.34. The molecule has 0 spiro atoms. The van der Waals surface area contributed by atoms with Crippen LogP contribution in [0.15, 0.2) is 73.1 Å². The van der Waals surface area contributed by atoms with Crippen molar-refractivity contribution in [3.63, 3.8) is 0 Å². The Morgan fingerprint density at radius 2 is 1.63 bits per heavy atom. The Kier molecular flexibility index (Phi) is 6.91. The first-order valence-corrected chi connectivity index (χ1v) is 12.3. The minimum Gasteiger partial charge on any atom is -0.377 e. The van der Waals surface area contributed by atoms with Crippen molar-refractivity contribution in [1.82, 2.24) is 15.3 Å². The number of benzene rings is 2. The number of rotatable bonds is 7. The molecule has 1 fully saturated rings. The Balaban J connectivity index is 1.16. The smallest absolute Gasteiger partial charge is 0.128 e. The first kappa shape index (κ1) is 23.2. The molecule has 0 atom stereocenters. The minimum atomic E-state index is -0.223. The van der Waals surface area contributed by atoms with Crippen LogP contribution in [0, 0.1) is 5.82 Å². The molecular formula is C29H32FN5. The summed E-state index contributed by atoms with van der Waals surface area (Å²) in [5.74, 6) is 0.728. The lowest BCUT2D eigenvalue weighted by atomic mass is 9.91. The summed E-state index contributed by atoms with van der Waals surface area (Å²) in [5, 5.41) is 8.57. The molecule has 5 rings (SSSR count). The van der Waals surface area contributed by atoms with Crippen molar-refractivity contribution in [3.05, 3.63) is 84.4 Å². The van der Waals surface area contributed by atoms with Crippen molar-refractivity contribution in [2.24, 2.45) is 0 Å². The van der Waals surface area contributed by atoms with Gasteiger partial charge < -0.3 is 15.5 Å². The Morgan fingerprint density at radius 3 is 2.40 bits per heavy atom. The van der Waals surface area contributed by atoms with E-state index in [1.54, 1.807) is 12.1 Å². The van der Waals surface area contributed by atoms with Crippen molar-refractivity contribution in [3.8, 4) is 11.1 Å². The molecule has 1 aliphatic carbocycles. The van der Waals surface area contributed by atoms with E-state index in [2.05, 4.69) is 64.9 Å². The van der Waals surface area contributed by atoms with Gasteiger partial charge in [0.2, 0.25) is 0 Å². The van der Waals surface area contributed by atoms with Crippen LogP contribution >= 0.6 is 0 Å². The number of nitrogens with zero attached hydrogens (tertiary/aromatic N) is 3. The Hall–Kier alpha value is -3.51. The predicted octanol–water partition coefficient (Wildman–Crippen LogP) is 6.01. The highest BCUT2D eigenvalue weighted by Gasteiger charge is 2.21. The van der Waals surface area contributed by atoms with Crippen LogP contribution in [-0.2, 0) is 6.54 Å². The van der Waals surface area contributed by atoms with Crippen LogP contribution in [0.4, 0.5) is 15.9 Å². The van der Waals surface area contributed by atoms with Gasteiger partial charge in [-0.15, -0.1) is 0 Å². The summed E-state index contributed by atoms with van der Waals surface area (Å²) in [6, 6.07) is 20.1. The molecule has 6 heteroatoms. The van der Waals surface area contributed by atoms with E-state index in [1.165, 1.54) is 23.2 Å². The topological polar surface area (TPSA) is 53.1 Å². The molecule has 0 unspecified atom stereocenters. The van der Waals surface area contributed by atoms with Gasteiger partial charge in [-0.3, -0.25) is 4.98 Å². The van der Waals surface area contributed by atoms with E-state index < -0.39 is 0 Å². The quantitative estimate of drug-likeness (QED) is 0.347. The van der Waals surface area contributed by atoms with Gasteiger partial charge in [0.1, 0.15) is 11.6 Å². The third-order valence-electron chi connectivity index (χ3n) is 6.82. The Morgan fingerprint density at radius 1 is 0.886 bits per heavy atom. The normalized spacial score (nSPS) is 17.9. The molecule has 2 aromatic carbocycles. The lowest BCUT2D eigenvalue weighted by Crippen LogP contribution is -2.36. The van der Waals surface area contributed by atoms with E-state index >= 15 is 0 Å². The number of pyridine rings is 2. The third kappa shape index (κ3) is 5.60. The SMILES string of the molecule is CN(C)c1cc(NC2CCC(NCc3cncc(-c4ccc(F)cc4)c3)CC2)nc2ccccc12. The van der Waals surface area contributed by atoms with Crippen LogP contribution < -0.4 is 15.5 Å². The highest BCUT2D eigenvalue weighted by molar-refractivity contribution is 5.93. The summed E-state index contributed by atoms with van der Waals surface area (Å²) in [4.78, 5) is 11.4. The number of para-hydroxylation sites is 1. The number of anilines is 2. The van der Waals surface area contributed by atoms with Crippen molar-refractivity contribution in [1.29, 1.82) is 0 Å². The first-order chi connectivity index (χ1) is 17.0. The van der Waals surface area contributed by atoms with Crippen molar-refractivity contribution in [2.75, 3.05) is 24.3 Å². The largest absolute Gasteiger partial charge is 0.377 e. The van der Waals surface area contributed by atoms with Crippen molar-refractivity contribution < 1.29 is 4.39 Å². The van der Waals surface area contributed by atoms with Crippen molar-refractivity contribution in [2.45, 2.75) is 44.3 Å². The predicted molar refractivity (Wildman–Crippen MR) is 142 cm³/mol. The fourth-order valence-electron chi connectivity index (χ4n) is 4.90. The molecule has 0 radical (unpaired) electrons. The van der Waals surface area contributed by atoms with Gasteiger partial charge in [-0.25, -0.2) is 9.37 Å². The summed E-state index contributed by atoms with van der Waals surface area (Å²) in [7, 11) is 4.15. The average molecular weight is 470 g/mol. The number of hydrogen-bond acceptors (Lipinski definition) is 5. The number of nitrogens with one attached hydrogen (secondary N) is 2. The van der Waals surface area contributed by atoms with Crippen LogP contribution in [0.3, 0.4) is 0 Å². The van der Waals surface area contributed by atoms with E-state index in [1.807, 2.05) is 18.5 Å². The van der Waals surface area contributed by atoms with Gasteiger partial charge in [0, 0.05) is 67.8 Å². The zero-order valence-electron chi connectivity index (χ0n) is 20.3. The molecule has 4 aromatic rings. The monoisotopic (exact) mass is 469 g/mol. The van der Waals surface area contributed by atoms with Gasteiger partial charge in [-0.1, -0.05) is 30.3 Å². The molecule has 2 heterocycles. The van der Waals surface area contributed by atoms with Crippen LogP contribution in [0.1, 0.15) is 31.2 Å². The van der Waals surface area contributed by atoms with Gasteiger partial charge in [0.05, 0.1) is 5.52 Å². The van der Waals surface area contributed by atoms with E-state index in [0.717, 1.165) is 60.3 Å².